The number of nitrogens with two attached hydrogens (primary N) is 1. The van der Waals surface area contributed by atoms with Crippen LogP contribution in [0, 0.1) is 12.3 Å². The summed E-state index contributed by atoms with van der Waals surface area (Å²) in [4.78, 5) is 11.0. The molecule has 0 aliphatic heterocycles. The molecule has 0 aliphatic rings. The van der Waals surface area contributed by atoms with E-state index in [4.69, 9.17) is 12.2 Å². The van der Waals surface area contributed by atoms with Gasteiger partial charge in [0.1, 0.15) is 0 Å². The Bertz CT molecular complexity index is 189. The highest BCUT2D eigenvalue weighted by molar-refractivity contribution is 5.82. The van der Waals surface area contributed by atoms with E-state index in [1.807, 2.05) is 0 Å². The molecule has 0 spiro atoms. The Labute approximate surface area is 67.3 Å². The summed E-state index contributed by atoms with van der Waals surface area (Å²) in [6.07, 6.45) is 5.15. The highest BCUT2D eigenvalue weighted by Crippen LogP contribution is 1.98. The first-order valence-corrected chi connectivity index (χ1v) is 3.44. The van der Waals surface area contributed by atoms with Crippen molar-refractivity contribution in [3.63, 3.8) is 0 Å². The van der Waals surface area contributed by atoms with Crippen LogP contribution in [0.3, 0.4) is 0 Å². The lowest BCUT2D eigenvalue weighted by molar-refractivity contribution is -0.123. The van der Waals surface area contributed by atoms with Crippen LogP contribution in [0.25, 0.3) is 0 Å². The average Bonchev–Trinajstić information content (AvgIpc) is 1.87. The van der Waals surface area contributed by atoms with Gasteiger partial charge in [0.05, 0.1) is 11.6 Å². The summed E-state index contributed by atoms with van der Waals surface area (Å²) in [6.45, 7) is 5.10. The van der Waals surface area contributed by atoms with Gasteiger partial charge in [0.15, 0.2) is 0 Å². The van der Waals surface area contributed by atoms with E-state index in [1.165, 1.54) is 0 Å². The summed E-state index contributed by atoms with van der Waals surface area (Å²) in [5, 5.41) is 2.61. The van der Waals surface area contributed by atoms with Crippen LogP contribution in [-0.2, 0) is 4.79 Å². The fourth-order valence-corrected chi connectivity index (χ4v) is 0.458. The average molecular weight is 154 g/mol. The number of carbonyl (C=O) groups is 1. The Morgan fingerprint density at radius 2 is 2.18 bits per heavy atom. The van der Waals surface area contributed by atoms with Gasteiger partial charge < -0.3 is 11.1 Å². The van der Waals surface area contributed by atoms with Gasteiger partial charge in [-0.15, -0.1) is 6.42 Å². The minimum atomic E-state index is -0.606. The predicted molar refractivity (Wildman–Crippen MR) is 44.7 cm³/mol. The smallest absolute Gasteiger partial charge is 0.237 e. The van der Waals surface area contributed by atoms with Crippen LogP contribution in [0.5, 0.6) is 0 Å². The Hall–Kier alpha value is -1.01. The molecule has 1 atom stereocenters. The van der Waals surface area contributed by atoms with Crippen LogP contribution in [0.4, 0.5) is 0 Å². The lowest BCUT2D eigenvalue weighted by Crippen LogP contribution is -2.48. The number of terminal acetylenes is 1. The third-order valence-corrected chi connectivity index (χ3v) is 1.21. The van der Waals surface area contributed by atoms with Gasteiger partial charge in [-0.3, -0.25) is 4.79 Å². The van der Waals surface area contributed by atoms with Gasteiger partial charge in [-0.1, -0.05) is 5.92 Å². The summed E-state index contributed by atoms with van der Waals surface area (Å²) in [5.41, 5.74) is 4.71. The van der Waals surface area contributed by atoms with Crippen LogP contribution in [-0.4, -0.2) is 17.5 Å². The SMILES string of the molecule is C#CC(C)(C)NC(=O)[C@@H](C)N. The van der Waals surface area contributed by atoms with Crippen molar-refractivity contribution in [3.05, 3.63) is 0 Å². The van der Waals surface area contributed by atoms with Crippen molar-refractivity contribution < 1.29 is 4.79 Å². The highest BCUT2D eigenvalue weighted by atomic mass is 16.2. The van der Waals surface area contributed by atoms with Gasteiger partial charge in [-0.2, -0.15) is 0 Å². The Morgan fingerprint density at radius 1 is 1.73 bits per heavy atom. The fourth-order valence-electron chi connectivity index (χ4n) is 0.458. The maximum atomic E-state index is 11.0. The molecule has 0 aromatic carbocycles. The molecule has 0 bridgehead atoms. The first-order valence-electron chi connectivity index (χ1n) is 3.44. The summed E-state index contributed by atoms with van der Waals surface area (Å²) < 4.78 is 0. The van der Waals surface area contributed by atoms with E-state index in [0.717, 1.165) is 0 Å². The van der Waals surface area contributed by atoms with Crippen molar-refractivity contribution in [2.75, 3.05) is 0 Å². The Morgan fingerprint density at radius 3 is 2.45 bits per heavy atom. The number of amides is 1. The molecule has 0 aliphatic carbocycles. The fraction of sp³-hybridized carbons (Fsp3) is 0.625. The highest BCUT2D eigenvalue weighted by Gasteiger charge is 2.18. The van der Waals surface area contributed by atoms with Crippen LogP contribution in [0.2, 0.25) is 0 Å². The van der Waals surface area contributed by atoms with Crippen LogP contribution in [0.15, 0.2) is 0 Å². The first kappa shape index (κ1) is 9.99. The van der Waals surface area contributed by atoms with Crippen molar-refractivity contribution >= 4 is 5.91 Å². The second-order valence-corrected chi connectivity index (χ2v) is 3.05. The Kier molecular flexibility index (Phi) is 3.09. The molecule has 3 nitrogen and oxygen atoms in total. The van der Waals surface area contributed by atoms with Gasteiger partial charge in [-0.25, -0.2) is 0 Å². The molecule has 0 saturated heterocycles. The zero-order chi connectivity index (χ0) is 9.07. The number of carbonyl (C=O) groups excluding carboxylic acids is 1. The molecule has 0 rings (SSSR count). The molecular formula is C8H14N2O. The van der Waals surface area contributed by atoms with E-state index in [1.54, 1.807) is 20.8 Å². The van der Waals surface area contributed by atoms with Gasteiger partial charge in [0, 0.05) is 0 Å². The molecule has 11 heavy (non-hydrogen) atoms. The third-order valence-electron chi connectivity index (χ3n) is 1.21. The van der Waals surface area contributed by atoms with Crippen molar-refractivity contribution in [2.24, 2.45) is 5.73 Å². The minimum absolute atomic E-state index is 0.229. The maximum absolute atomic E-state index is 11.0. The van der Waals surface area contributed by atoms with Gasteiger partial charge >= 0.3 is 0 Å². The zero-order valence-corrected chi connectivity index (χ0v) is 7.14. The second-order valence-electron chi connectivity index (χ2n) is 3.05. The minimum Gasteiger partial charge on any atom is -0.339 e. The van der Waals surface area contributed by atoms with E-state index in [-0.39, 0.29) is 5.91 Å². The van der Waals surface area contributed by atoms with E-state index in [2.05, 4.69) is 11.2 Å². The van der Waals surface area contributed by atoms with E-state index < -0.39 is 11.6 Å². The predicted octanol–water partition coefficient (Wildman–Crippen LogP) is -0.138. The number of hydrogen-bond acceptors (Lipinski definition) is 2. The van der Waals surface area contributed by atoms with Crippen LogP contribution < -0.4 is 11.1 Å². The molecule has 0 aromatic rings. The molecule has 0 radical (unpaired) electrons. The lowest BCUT2D eigenvalue weighted by atomic mass is 10.1. The van der Waals surface area contributed by atoms with Crippen LogP contribution in [0.1, 0.15) is 20.8 Å². The lowest BCUT2D eigenvalue weighted by Gasteiger charge is -2.20. The number of hydrogen-bond donors (Lipinski definition) is 2. The second kappa shape index (κ2) is 3.40. The maximum Gasteiger partial charge on any atom is 0.237 e. The Balaban J connectivity index is 4.08. The van der Waals surface area contributed by atoms with Crippen molar-refractivity contribution in [1.82, 2.24) is 5.32 Å². The molecule has 0 heterocycles. The van der Waals surface area contributed by atoms with Crippen LogP contribution >= 0.6 is 0 Å². The standard InChI is InChI=1S/C8H14N2O/c1-5-8(3,4)10-7(11)6(2)9/h1,6H,9H2,2-4H3,(H,10,11)/t6-/m1/s1. The van der Waals surface area contributed by atoms with Gasteiger partial charge in [-0.05, 0) is 20.8 Å². The molecule has 0 aromatic heterocycles. The van der Waals surface area contributed by atoms with E-state index in [9.17, 15) is 4.79 Å². The monoisotopic (exact) mass is 154 g/mol. The molecule has 62 valence electrons. The molecule has 0 fully saturated rings. The van der Waals surface area contributed by atoms with Gasteiger partial charge in [0.2, 0.25) is 5.91 Å². The molecular weight excluding hydrogens is 140 g/mol. The quantitative estimate of drug-likeness (QED) is 0.544. The van der Waals surface area contributed by atoms with Crippen molar-refractivity contribution in [1.29, 1.82) is 0 Å². The van der Waals surface area contributed by atoms with E-state index in [0.29, 0.717) is 0 Å². The molecule has 3 heteroatoms. The molecule has 0 unspecified atom stereocenters. The molecule has 0 saturated carbocycles. The number of rotatable bonds is 2. The molecule has 3 N–H and O–H groups in total. The molecule has 1 amide bonds. The normalized spacial score (nSPS) is 13.4. The number of nitrogens with one attached hydrogen (secondary N) is 1. The summed E-state index contributed by atoms with van der Waals surface area (Å²) >= 11 is 0. The van der Waals surface area contributed by atoms with Crippen molar-refractivity contribution in [2.45, 2.75) is 32.4 Å². The zero-order valence-electron chi connectivity index (χ0n) is 7.14. The topological polar surface area (TPSA) is 55.1 Å². The van der Waals surface area contributed by atoms with Crippen molar-refractivity contribution in [3.8, 4) is 12.3 Å². The largest absolute Gasteiger partial charge is 0.339 e. The third kappa shape index (κ3) is 3.64. The summed E-state index contributed by atoms with van der Waals surface area (Å²) in [6, 6.07) is -0.511. The summed E-state index contributed by atoms with van der Waals surface area (Å²) in [5.74, 6) is 2.21. The summed E-state index contributed by atoms with van der Waals surface area (Å²) in [7, 11) is 0. The first-order chi connectivity index (χ1) is 4.89. The van der Waals surface area contributed by atoms with Gasteiger partial charge in [0.25, 0.3) is 0 Å². The van der Waals surface area contributed by atoms with E-state index >= 15 is 0 Å².